The average molecular weight is 198 g/mol. The van der Waals surface area contributed by atoms with E-state index in [0.29, 0.717) is 5.76 Å². The van der Waals surface area contributed by atoms with Crippen molar-refractivity contribution in [2.24, 2.45) is 5.73 Å². The highest BCUT2D eigenvalue weighted by molar-refractivity contribution is 5.36. The molecule has 0 bridgehead atoms. The van der Waals surface area contributed by atoms with Crippen molar-refractivity contribution in [1.29, 1.82) is 0 Å². The molecule has 4 heteroatoms. The van der Waals surface area contributed by atoms with Crippen molar-refractivity contribution in [3.8, 4) is 0 Å². The van der Waals surface area contributed by atoms with E-state index >= 15 is 0 Å². The Morgan fingerprint density at radius 1 is 1.43 bits per heavy atom. The summed E-state index contributed by atoms with van der Waals surface area (Å²) in [4.78, 5) is 2.08. The van der Waals surface area contributed by atoms with Crippen LogP contribution in [0.5, 0.6) is 0 Å². The molecule has 0 radical (unpaired) electrons. The third-order valence-electron chi connectivity index (χ3n) is 2.24. The number of nitrogens with zero attached hydrogens (tertiary/aromatic N) is 1. The minimum absolute atomic E-state index is 0.186. The monoisotopic (exact) mass is 198 g/mol. The quantitative estimate of drug-likeness (QED) is 0.744. The lowest BCUT2D eigenvalue weighted by atomic mass is 10.3. The Labute approximate surface area is 84.3 Å². The van der Waals surface area contributed by atoms with Gasteiger partial charge < -0.3 is 20.2 Å². The van der Waals surface area contributed by atoms with Crippen LogP contribution in [0.15, 0.2) is 16.5 Å². The van der Waals surface area contributed by atoms with Crippen LogP contribution in [0.3, 0.4) is 0 Å². The minimum atomic E-state index is -0.695. The highest BCUT2D eigenvalue weighted by Crippen LogP contribution is 2.22. The average Bonchev–Trinajstić information content (AvgIpc) is 2.68. The predicted octanol–water partition coefficient (Wildman–Crippen LogP) is 1.12. The molecule has 0 aliphatic heterocycles. The van der Waals surface area contributed by atoms with Crippen LogP contribution >= 0.6 is 0 Å². The van der Waals surface area contributed by atoms with Gasteiger partial charge in [0.05, 0.1) is 0 Å². The second-order valence-corrected chi connectivity index (χ2v) is 3.10. The normalized spacial score (nSPS) is 12.9. The summed E-state index contributed by atoms with van der Waals surface area (Å²) in [6.45, 7) is 6.09. The maximum atomic E-state index is 9.43. The van der Waals surface area contributed by atoms with E-state index < -0.39 is 6.10 Å². The molecular weight excluding hydrogens is 180 g/mol. The standard InChI is InChI=1S/C10H18N2O2/c1-3-12(4-2)10-6-5-9(14-10)8(13)7-11/h5-6,8,13H,3-4,7,11H2,1-2H3/t8-/m0/s1. The summed E-state index contributed by atoms with van der Waals surface area (Å²) in [5.74, 6) is 1.33. The molecule has 0 amide bonds. The Morgan fingerprint density at radius 2 is 2.07 bits per heavy atom. The van der Waals surface area contributed by atoms with Crippen LogP contribution in [0.2, 0.25) is 0 Å². The van der Waals surface area contributed by atoms with Gasteiger partial charge in [-0.15, -0.1) is 0 Å². The van der Waals surface area contributed by atoms with E-state index in [4.69, 9.17) is 10.2 Å². The van der Waals surface area contributed by atoms with Crippen molar-refractivity contribution in [1.82, 2.24) is 0 Å². The molecule has 0 saturated heterocycles. The van der Waals surface area contributed by atoms with Gasteiger partial charge in [-0.05, 0) is 19.9 Å². The molecule has 4 nitrogen and oxygen atoms in total. The Bertz CT molecular complexity index is 269. The van der Waals surface area contributed by atoms with Crippen LogP contribution in [-0.4, -0.2) is 24.7 Å². The summed E-state index contributed by atoms with van der Waals surface area (Å²) in [5, 5.41) is 9.43. The van der Waals surface area contributed by atoms with Crippen molar-refractivity contribution >= 4 is 5.88 Å². The number of aliphatic hydroxyl groups is 1. The topological polar surface area (TPSA) is 62.6 Å². The van der Waals surface area contributed by atoms with Crippen molar-refractivity contribution in [2.45, 2.75) is 20.0 Å². The van der Waals surface area contributed by atoms with Crippen molar-refractivity contribution in [2.75, 3.05) is 24.5 Å². The van der Waals surface area contributed by atoms with Crippen LogP contribution < -0.4 is 10.6 Å². The molecule has 0 aliphatic carbocycles. The van der Waals surface area contributed by atoms with Crippen LogP contribution in [-0.2, 0) is 0 Å². The zero-order chi connectivity index (χ0) is 10.6. The molecule has 0 aliphatic rings. The van der Waals surface area contributed by atoms with Gasteiger partial charge >= 0.3 is 0 Å². The van der Waals surface area contributed by atoms with Gasteiger partial charge in [0.1, 0.15) is 11.9 Å². The predicted molar refractivity (Wildman–Crippen MR) is 56.3 cm³/mol. The van der Waals surface area contributed by atoms with Gasteiger partial charge in [-0.2, -0.15) is 0 Å². The van der Waals surface area contributed by atoms with Gasteiger partial charge in [0.2, 0.25) is 0 Å². The van der Waals surface area contributed by atoms with E-state index in [1.165, 1.54) is 0 Å². The molecule has 80 valence electrons. The fraction of sp³-hybridized carbons (Fsp3) is 0.600. The van der Waals surface area contributed by atoms with E-state index in [1.54, 1.807) is 6.07 Å². The van der Waals surface area contributed by atoms with Gasteiger partial charge in [-0.1, -0.05) is 0 Å². The molecular formula is C10H18N2O2. The molecule has 1 heterocycles. The summed E-state index contributed by atoms with van der Waals surface area (Å²) in [6, 6.07) is 3.63. The molecule has 14 heavy (non-hydrogen) atoms. The second kappa shape index (κ2) is 5.02. The van der Waals surface area contributed by atoms with E-state index in [1.807, 2.05) is 6.07 Å². The molecule has 0 unspecified atom stereocenters. The maximum Gasteiger partial charge on any atom is 0.195 e. The van der Waals surface area contributed by atoms with Gasteiger partial charge in [0.15, 0.2) is 5.88 Å². The lowest BCUT2D eigenvalue weighted by molar-refractivity contribution is 0.158. The molecule has 1 aromatic rings. The number of anilines is 1. The molecule has 0 aromatic carbocycles. The van der Waals surface area contributed by atoms with E-state index in [0.717, 1.165) is 19.0 Å². The van der Waals surface area contributed by atoms with Crippen molar-refractivity contribution < 1.29 is 9.52 Å². The molecule has 1 aromatic heterocycles. The van der Waals surface area contributed by atoms with Crippen LogP contribution in [0.4, 0.5) is 5.88 Å². The highest BCUT2D eigenvalue weighted by atomic mass is 16.4. The van der Waals surface area contributed by atoms with Gasteiger partial charge in [-0.25, -0.2) is 0 Å². The van der Waals surface area contributed by atoms with Gasteiger partial charge in [0, 0.05) is 25.7 Å². The number of hydrogen-bond donors (Lipinski definition) is 2. The minimum Gasteiger partial charge on any atom is -0.443 e. The van der Waals surface area contributed by atoms with Crippen molar-refractivity contribution in [3.05, 3.63) is 17.9 Å². The van der Waals surface area contributed by atoms with Crippen LogP contribution in [0.1, 0.15) is 25.7 Å². The molecule has 1 atom stereocenters. The smallest absolute Gasteiger partial charge is 0.195 e. The summed E-state index contributed by atoms with van der Waals surface area (Å²) in [5.41, 5.74) is 5.33. The first-order valence-corrected chi connectivity index (χ1v) is 4.95. The Balaban J connectivity index is 2.76. The van der Waals surface area contributed by atoms with Crippen molar-refractivity contribution in [3.63, 3.8) is 0 Å². The Morgan fingerprint density at radius 3 is 2.57 bits per heavy atom. The summed E-state index contributed by atoms with van der Waals surface area (Å²) in [7, 11) is 0. The molecule has 1 rings (SSSR count). The van der Waals surface area contributed by atoms with Gasteiger partial charge in [-0.3, -0.25) is 0 Å². The number of hydrogen-bond acceptors (Lipinski definition) is 4. The number of rotatable bonds is 5. The number of aliphatic hydroxyl groups excluding tert-OH is 1. The first-order valence-electron chi connectivity index (χ1n) is 4.95. The fourth-order valence-corrected chi connectivity index (χ4v) is 1.34. The van der Waals surface area contributed by atoms with Crippen LogP contribution in [0.25, 0.3) is 0 Å². The van der Waals surface area contributed by atoms with Crippen LogP contribution in [0, 0.1) is 0 Å². The van der Waals surface area contributed by atoms with E-state index in [2.05, 4.69) is 18.7 Å². The third-order valence-corrected chi connectivity index (χ3v) is 2.24. The zero-order valence-corrected chi connectivity index (χ0v) is 8.73. The lowest BCUT2D eigenvalue weighted by Gasteiger charge is -2.17. The molecule has 0 spiro atoms. The number of nitrogens with two attached hydrogens (primary N) is 1. The van der Waals surface area contributed by atoms with E-state index in [9.17, 15) is 5.11 Å². The summed E-state index contributed by atoms with van der Waals surface area (Å²) in [6.07, 6.45) is -0.695. The molecule has 3 N–H and O–H groups in total. The summed E-state index contributed by atoms with van der Waals surface area (Å²) < 4.78 is 5.48. The third kappa shape index (κ3) is 2.27. The van der Waals surface area contributed by atoms with Gasteiger partial charge in [0.25, 0.3) is 0 Å². The van der Waals surface area contributed by atoms with E-state index in [-0.39, 0.29) is 6.54 Å². The molecule has 0 saturated carbocycles. The second-order valence-electron chi connectivity index (χ2n) is 3.10. The zero-order valence-electron chi connectivity index (χ0n) is 8.73. The highest BCUT2D eigenvalue weighted by Gasteiger charge is 2.12. The lowest BCUT2D eigenvalue weighted by Crippen LogP contribution is -2.21. The molecule has 0 fully saturated rings. The SMILES string of the molecule is CCN(CC)c1ccc([C@@H](O)CN)o1. The Kier molecular flexibility index (Phi) is 3.98. The first kappa shape index (κ1) is 11.1. The fourth-order valence-electron chi connectivity index (χ4n) is 1.34. The largest absolute Gasteiger partial charge is 0.443 e. The summed E-state index contributed by atoms with van der Waals surface area (Å²) >= 11 is 0. The first-order chi connectivity index (χ1) is 6.72. The number of furan rings is 1. The maximum absolute atomic E-state index is 9.43. The Hall–Kier alpha value is -1.00.